The van der Waals surface area contributed by atoms with Crippen molar-refractivity contribution >= 4 is 11.6 Å². The van der Waals surface area contributed by atoms with E-state index in [0.717, 1.165) is 50.5 Å². The molecule has 3 aliphatic carbocycles. The van der Waals surface area contributed by atoms with E-state index in [4.69, 9.17) is 23.9 Å². The quantitative estimate of drug-likeness (QED) is 0.152. The van der Waals surface area contributed by atoms with E-state index in [0.29, 0.717) is 53.6 Å². The molecule has 0 amide bonds. The summed E-state index contributed by atoms with van der Waals surface area (Å²) in [5, 5.41) is 18.7. The number of nitrogens with two attached hydrogens (primary N) is 1. The highest BCUT2D eigenvalue weighted by molar-refractivity contribution is 6.21. The van der Waals surface area contributed by atoms with Crippen LogP contribution in [-0.4, -0.2) is 46.8 Å². The molecule has 10 unspecified atom stereocenters. The number of aliphatic hydroxyl groups excluding tert-OH is 1. The molecule has 10 atom stereocenters. The maximum atomic E-state index is 10.6. The van der Waals surface area contributed by atoms with Crippen molar-refractivity contribution in [3.05, 3.63) is 12.2 Å². The lowest BCUT2D eigenvalue weighted by molar-refractivity contribution is 0.0749. The van der Waals surface area contributed by atoms with Crippen LogP contribution in [0.15, 0.2) is 12.2 Å². The predicted molar refractivity (Wildman–Crippen MR) is 167 cm³/mol. The first-order valence-electron chi connectivity index (χ1n) is 16.9. The first-order valence-corrected chi connectivity index (χ1v) is 17.3. The lowest BCUT2D eigenvalue weighted by Gasteiger charge is -2.48. The fraction of sp³-hybridized carbons (Fsp3) is 0.941. The van der Waals surface area contributed by atoms with Crippen molar-refractivity contribution in [1.82, 2.24) is 10.6 Å². The van der Waals surface area contributed by atoms with Gasteiger partial charge in [0.05, 0.1) is 6.10 Å². The summed E-state index contributed by atoms with van der Waals surface area (Å²) in [6.45, 7) is 16.2. The molecule has 0 spiro atoms. The Bertz CT molecular complexity index is 764. The van der Waals surface area contributed by atoms with Crippen LogP contribution in [0.1, 0.15) is 118 Å². The van der Waals surface area contributed by atoms with E-state index in [-0.39, 0.29) is 17.5 Å². The van der Waals surface area contributed by atoms with E-state index in [2.05, 4.69) is 45.3 Å². The lowest BCUT2D eigenvalue weighted by Crippen LogP contribution is -2.58. The van der Waals surface area contributed by atoms with Crippen LogP contribution in [-0.2, 0) is 0 Å². The second-order valence-electron chi connectivity index (χ2n) is 14.8. The fourth-order valence-corrected chi connectivity index (χ4v) is 9.45. The standard InChI is InChI=1S/C34H62ClN3O/c1-7-23(16-28(39)15-20(3)4)24-9-11-25(12-10-24)30-18-26(36)17-29(34(30)35)21(5)32-19-33(37-27-13-14-27)22(6)31(8-2)38-32/h20,22-34,37-39H,5,7-19,36H2,1-4,6H3. The molecule has 226 valence electrons. The molecule has 0 radical (unpaired) electrons. The van der Waals surface area contributed by atoms with Crippen LogP contribution < -0.4 is 16.4 Å². The molecular weight excluding hydrogens is 502 g/mol. The fourth-order valence-electron chi connectivity index (χ4n) is 8.87. The van der Waals surface area contributed by atoms with Crippen molar-refractivity contribution in [3.8, 4) is 0 Å². The highest BCUT2D eigenvalue weighted by Gasteiger charge is 2.45. The highest BCUT2D eigenvalue weighted by Crippen LogP contribution is 2.48. The van der Waals surface area contributed by atoms with E-state index >= 15 is 0 Å². The predicted octanol–water partition coefficient (Wildman–Crippen LogP) is 7.03. The van der Waals surface area contributed by atoms with Crippen LogP contribution in [0.4, 0.5) is 0 Å². The van der Waals surface area contributed by atoms with Gasteiger partial charge in [0, 0.05) is 35.6 Å². The van der Waals surface area contributed by atoms with Crippen LogP contribution in [0.2, 0.25) is 0 Å². The van der Waals surface area contributed by atoms with Crippen molar-refractivity contribution in [2.24, 2.45) is 47.2 Å². The zero-order chi connectivity index (χ0) is 28.3. The molecule has 1 heterocycles. The van der Waals surface area contributed by atoms with Gasteiger partial charge in [0.1, 0.15) is 0 Å². The van der Waals surface area contributed by atoms with Gasteiger partial charge in [-0.05, 0) is 118 Å². The van der Waals surface area contributed by atoms with Crippen LogP contribution in [0, 0.1) is 41.4 Å². The molecule has 5 heteroatoms. The zero-order valence-electron chi connectivity index (χ0n) is 25.9. The Morgan fingerprint density at radius 2 is 1.74 bits per heavy atom. The van der Waals surface area contributed by atoms with E-state index in [1.165, 1.54) is 50.5 Å². The molecule has 1 saturated heterocycles. The molecule has 0 bridgehead atoms. The first-order chi connectivity index (χ1) is 18.6. The monoisotopic (exact) mass is 563 g/mol. The molecule has 0 aromatic carbocycles. The maximum absolute atomic E-state index is 10.6. The molecule has 4 fully saturated rings. The van der Waals surface area contributed by atoms with Gasteiger partial charge in [-0.15, -0.1) is 11.6 Å². The molecular formula is C34H62ClN3O. The summed E-state index contributed by atoms with van der Waals surface area (Å²) in [6.07, 6.45) is 15.0. The molecule has 0 aromatic heterocycles. The number of nitrogens with one attached hydrogen (secondary N) is 2. The molecule has 0 aromatic rings. The summed E-state index contributed by atoms with van der Waals surface area (Å²) < 4.78 is 0. The average Bonchev–Trinajstić information content (AvgIpc) is 3.73. The van der Waals surface area contributed by atoms with E-state index in [1.54, 1.807) is 0 Å². The second kappa shape index (κ2) is 14.4. The summed E-state index contributed by atoms with van der Waals surface area (Å²) in [4.78, 5) is 0. The number of rotatable bonds is 12. The maximum Gasteiger partial charge on any atom is 0.0545 e. The molecule has 4 aliphatic rings. The van der Waals surface area contributed by atoms with Crippen molar-refractivity contribution in [2.45, 2.75) is 160 Å². The number of hydrogen-bond donors (Lipinski definition) is 4. The zero-order valence-corrected chi connectivity index (χ0v) is 26.6. The number of aliphatic hydroxyl groups is 1. The Morgan fingerprint density at radius 1 is 1.05 bits per heavy atom. The third-order valence-electron chi connectivity index (χ3n) is 11.4. The third kappa shape index (κ3) is 8.25. The minimum Gasteiger partial charge on any atom is -0.393 e. The molecule has 3 saturated carbocycles. The summed E-state index contributed by atoms with van der Waals surface area (Å²) in [5.74, 6) is 4.08. The van der Waals surface area contributed by atoms with Gasteiger partial charge in [-0.2, -0.15) is 0 Å². The SMILES string of the molecule is C=C(C1CC(NC2CC2)C(C)C(CC)N1)C1CC(N)CC(C2CCC(C(CC)CC(O)CC(C)C)CC2)C1Cl. The van der Waals surface area contributed by atoms with E-state index in [9.17, 15) is 5.11 Å². The minimum absolute atomic E-state index is 0.143. The van der Waals surface area contributed by atoms with Gasteiger partial charge in [0.2, 0.25) is 0 Å². The minimum atomic E-state index is -0.147. The lowest BCUT2D eigenvalue weighted by atomic mass is 9.63. The average molecular weight is 564 g/mol. The molecule has 4 rings (SSSR count). The summed E-state index contributed by atoms with van der Waals surface area (Å²) in [7, 11) is 0. The Morgan fingerprint density at radius 3 is 2.33 bits per heavy atom. The van der Waals surface area contributed by atoms with E-state index < -0.39 is 0 Å². The number of piperidine rings is 1. The summed E-state index contributed by atoms with van der Waals surface area (Å²) >= 11 is 7.44. The Hall–Kier alpha value is -0.130. The highest BCUT2D eigenvalue weighted by atomic mass is 35.5. The number of alkyl halides is 1. The van der Waals surface area contributed by atoms with Crippen molar-refractivity contribution in [1.29, 1.82) is 0 Å². The molecule has 4 nitrogen and oxygen atoms in total. The second-order valence-corrected chi connectivity index (χ2v) is 15.3. The van der Waals surface area contributed by atoms with Crippen molar-refractivity contribution in [3.63, 3.8) is 0 Å². The largest absolute Gasteiger partial charge is 0.393 e. The first kappa shape index (κ1) is 31.8. The Balaban J connectivity index is 1.35. The van der Waals surface area contributed by atoms with Crippen molar-refractivity contribution < 1.29 is 5.11 Å². The van der Waals surface area contributed by atoms with Gasteiger partial charge in [-0.1, -0.05) is 53.2 Å². The van der Waals surface area contributed by atoms with Gasteiger partial charge in [0.25, 0.3) is 0 Å². The van der Waals surface area contributed by atoms with Crippen LogP contribution in [0.5, 0.6) is 0 Å². The molecule has 39 heavy (non-hydrogen) atoms. The van der Waals surface area contributed by atoms with Gasteiger partial charge in [0.15, 0.2) is 0 Å². The van der Waals surface area contributed by atoms with Crippen LogP contribution in [0.25, 0.3) is 0 Å². The van der Waals surface area contributed by atoms with Crippen LogP contribution >= 0.6 is 11.6 Å². The number of halogens is 1. The molecule has 5 N–H and O–H groups in total. The number of hydrogen-bond acceptors (Lipinski definition) is 4. The van der Waals surface area contributed by atoms with Crippen LogP contribution in [0.3, 0.4) is 0 Å². The van der Waals surface area contributed by atoms with Gasteiger partial charge >= 0.3 is 0 Å². The van der Waals surface area contributed by atoms with Crippen molar-refractivity contribution in [2.75, 3.05) is 0 Å². The Labute approximate surface area is 246 Å². The van der Waals surface area contributed by atoms with E-state index in [1.807, 2.05) is 0 Å². The molecule has 1 aliphatic heterocycles. The smallest absolute Gasteiger partial charge is 0.0545 e. The topological polar surface area (TPSA) is 70.3 Å². The Kier molecular flexibility index (Phi) is 11.7. The van der Waals surface area contributed by atoms with Gasteiger partial charge in [-0.25, -0.2) is 0 Å². The summed E-state index contributed by atoms with van der Waals surface area (Å²) in [5.41, 5.74) is 8.08. The normalized spacial score (nSPS) is 41.4. The summed E-state index contributed by atoms with van der Waals surface area (Å²) in [6, 6.07) is 2.38. The van der Waals surface area contributed by atoms with Gasteiger partial charge in [-0.3, -0.25) is 0 Å². The van der Waals surface area contributed by atoms with Gasteiger partial charge < -0.3 is 21.5 Å². The third-order valence-corrected chi connectivity index (χ3v) is 12.0.